The number of hydrogen-bond acceptors (Lipinski definition) is 2. The van der Waals surface area contributed by atoms with Gasteiger partial charge >= 0.3 is 0 Å². The predicted molar refractivity (Wildman–Crippen MR) is 86.8 cm³/mol. The van der Waals surface area contributed by atoms with Crippen LogP contribution in [0, 0.1) is 13.8 Å². The van der Waals surface area contributed by atoms with Crippen LogP contribution in [-0.4, -0.2) is 0 Å². The molecule has 2 N–H and O–H groups in total. The highest BCUT2D eigenvalue weighted by atomic mass is 35.5. The van der Waals surface area contributed by atoms with Gasteiger partial charge in [0.05, 0.1) is 0 Å². The lowest BCUT2D eigenvalue weighted by molar-refractivity contribution is 1.29. The molecule has 0 atom stereocenters. The van der Waals surface area contributed by atoms with Crippen LogP contribution in [0.4, 0.5) is 5.69 Å². The first-order chi connectivity index (χ1) is 9.04. The van der Waals surface area contributed by atoms with E-state index in [1.807, 2.05) is 30.0 Å². The molecule has 2 rings (SSSR count). The smallest absolute Gasteiger partial charge is 0.0466 e. The molecule has 0 spiro atoms. The van der Waals surface area contributed by atoms with Crippen LogP contribution in [0.3, 0.4) is 0 Å². The van der Waals surface area contributed by atoms with Crippen molar-refractivity contribution in [3.63, 3.8) is 0 Å². The third-order valence-electron chi connectivity index (χ3n) is 2.88. The Morgan fingerprint density at radius 2 is 1.68 bits per heavy atom. The molecule has 0 aromatic heterocycles. The lowest BCUT2D eigenvalue weighted by Gasteiger charge is -2.07. The van der Waals surface area contributed by atoms with E-state index in [-0.39, 0.29) is 0 Å². The Morgan fingerprint density at radius 1 is 1.00 bits per heavy atom. The minimum atomic E-state index is 0.716. The van der Waals surface area contributed by atoms with Crippen LogP contribution in [0.2, 0.25) is 5.02 Å². The van der Waals surface area contributed by atoms with Crippen LogP contribution in [-0.2, 0) is 11.5 Å². The molecule has 0 aliphatic carbocycles. The summed E-state index contributed by atoms with van der Waals surface area (Å²) in [4.78, 5) is 0. The first-order valence-electron chi connectivity index (χ1n) is 6.23. The van der Waals surface area contributed by atoms with E-state index in [1.165, 1.54) is 16.7 Å². The summed E-state index contributed by atoms with van der Waals surface area (Å²) in [5.74, 6) is 1.91. The van der Waals surface area contributed by atoms with Crippen LogP contribution < -0.4 is 5.73 Å². The number of nitrogen functional groups attached to an aromatic ring is 1. The molecule has 0 amide bonds. The van der Waals surface area contributed by atoms with Crippen molar-refractivity contribution in [2.75, 3.05) is 5.73 Å². The predicted octanol–water partition coefficient (Wildman–Crippen LogP) is 4.97. The number of aryl methyl sites for hydroxylation is 2. The highest BCUT2D eigenvalue weighted by Gasteiger charge is 2.02. The van der Waals surface area contributed by atoms with Crippen LogP contribution in [0.1, 0.15) is 22.3 Å². The highest BCUT2D eigenvalue weighted by molar-refractivity contribution is 7.97. The van der Waals surface area contributed by atoms with Crippen molar-refractivity contribution in [1.29, 1.82) is 0 Å². The molecule has 0 saturated carbocycles. The molecule has 2 aromatic rings. The summed E-state index contributed by atoms with van der Waals surface area (Å²) >= 11 is 8.04. The lowest BCUT2D eigenvalue weighted by atomic mass is 10.1. The summed E-state index contributed by atoms with van der Waals surface area (Å²) in [6, 6.07) is 12.4. The van der Waals surface area contributed by atoms with E-state index in [2.05, 4.69) is 32.0 Å². The average molecular weight is 292 g/mol. The molecule has 0 fully saturated rings. The Hall–Kier alpha value is -1.12. The van der Waals surface area contributed by atoms with Gasteiger partial charge in [-0.05, 0) is 37.1 Å². The minimum Gasteiger partial charge on any atom is -0.399 e. The number of rotatable bonds is 4. The maximum Gasteiger partial charge on any atom is 0.0466 e. The molecule has 0 radical (unpaired) electrons. The van der Waals surface area contributed by atoms with Gasteiger partial charge in [-0.3, -0.25) is 0 Å². The number of anilines is 1. The van der Waals surface area contributed by atoms with Crippen molar-refractivity contribution in [2.45, 2.75) is 25.4 Å². The van der Waals surface area contributed by atoms with Crippen LogP contribution >= 0.6 is 23.4 Å². The normalized spacial score (nSPS) is 10.7. The standard InChI is InChI=1S/C16H18ClNS/c1-11-5-12(2)7-13(6-11)9-19-10-14-3-4-15(18)8-16(14)17/h3-8H,9-10,18H2,1-2H3. The van der Waals surface area contributed by atoms with Crippen LogP contribution in [0.25, 0.3) is 0 Å². The van der Waals surface area contributed by atoms with Crippen LogP contribution in [0.5, 0.6) is 0 Å². The van der Waals surface area contributed by atoms with Gasteiger partial charge in [-0.15, -0.1) is 0 Å². The number of nitrogens with two attached hydrogens (primary N) is 1. The fourth-order valence-electron chi connectivity index (χ4n) is 2.11. The second-order valence-corrected chi connectivity index (χ2v) is 6.23. The largest absolute Gasteiger partial charge is 0.399 e. The average Bonchev–Trinajstić information content (AvgIpc) is 2.30. The Bertz CT molecular complexity index is 561. The molecule has 1 nitrogen and oxygen atoms in total. The van der Waals surface area contributed by atoms with E-state index < -0.39 is 0 Å². The first kappa shape index (κ1) is 14.3. The molecule has 19 heavy (non-hydrogen) atoms. The molecule has 0 bridgehead atoms. The fraction of sp³-hybridized carbons (Fsp3) is 0.250. The summed E-state index contributed by atoms with van der Waals surface area (Å²) in [6.45, 7) is 4.27. The molecule has 3 heteroatoms. The Balaban J connectivity index is 1.96. The van der Waals surface area contributed by atoms with E-state index >= 15 is 0 Å². The van der Waals surface area contributed by atoms with Gasteiger partial charge in [0.25, 0.3) is 0 Å². The van der Waals surface area contributed by atoms with Gasteiger partial charge in [0.1, 0.15) is 0 Å². The fourth-order valence-corrected chi connectivity index (χ4v) is 3.42. The summed E-state index contributed by atoms with van der Waals surface area (Å²) in [5, 5.41) is 0.757. The maximum absolute atomic E-state index is 6.17. The summed E-state index contributed by atoms with van der Waals surface area (Å²) < 4.78 is 0. The molecular formula is C16H18ClNS. The van der Waals surface area contributed by atoms with Gasteiger partial charge in [-0.2, -0.15) is 11.8 Å². The molecule has 0 unspecified atom stereocenters. The highest BCUT2D eigenvalue weighted by Crippen LogP contribution is 2.25. The number of hydrogen-bond donors (Lipinski definition) is 1. The lowest BCUT2D eigenvalue weighted by Crippen LogP contribution is -1.89. The third-order valence-corrected chi connectivity index (χ3v) is 4.29. The van der Waals surface area contributed by atoms with Gasteiger partial charge in [0.2, 0.25) is 0 Å². The minimum absolute atomic E-state index is 0.716. The number of thioether (sulfide) groups is 1. The van der Waals surface area contributed by atoms with E-state index in [4.69, 9.17) is 17.3 Å². The van der Waals surface area contributed by atoms with Gasteiger partial charge < -0.3 is 5.73 Å². The van der Waals surface area contributed by atoms with Gasteiger partial charge in [-0.1, -0.05) is 47.0 Å². The second-order valence-electron chi connectivity index (χ2n) is 4.84. The monoisotopic (exact) mass is 291 g/mol. The Morgan fingerprint density at radius 3 is 2.32 bits per heavy atom. The van der Waals surface area contributed by atoms with Crippen LogP contribution in [0.15, 0.2) is 36.4 Å². The zero-order valence-electron chi connectivity index (χ0n) is 11.2. The SMILES string of the molecule is Cc1cc(C)cc(CSCc2ccc(N)cc2Cl)c1. The maximum atomic E-state index is 6.17. The number of halogens is 1. The van der Waals surface area contributed by atoms with Gasteiger partial charge in [0, 0.05) is 22.2 Å². The summed E-state index contributed by atoms with van der Waals surface area (Å²) in [5.41, 5.74) is 11.6. The van der Waals surface area contributed by atoms with E-state index in [0.717, 1.165) is 22.1 Å². The molecule has 0 saturated heterocycles. The van der Waals surface area contributed by atoms with E-state index in [9.17, 15) is 0 Å². The first-order valence-corrected chi connectivity index (χ1v) is 7.76. The quantitative estimate of drug-likeness (QED) is 0.805. The van der Waals surface area contributed by atoms with Crippen molar-refractivity contribution < 1.29 is 0 Å². The van der Waals surface area contributed by atoms with Crippen molar-refractivity contribution in [2.24, 2.45) is 0 Å². The Labute approximate surface area is 124 Å². The third kappa shape index (κ3) is 4.19. The second kappa shape index (κ2) is 6.36. The Kier molecular flexibility index (Phi) is 4.78. The molecular weight excluding hydrogens is 274 g/mol. The summed E-state index contributed by atoms with van der Waals surface area (Å²) in [7, 11) is 0. The molecule has 0 heterocycles. The van der Waals surface area contributed by atoms with E-state index in [1.54, 1.807) is 0 Å². The molecule has 100 valence electrons. The van der Waals surface area contributed by atoms with Crippen molar-refractivity contribution in [3.05, 3.63) is 63.7 Å². The van der Waals surface area contributed by atoms with Crippen molar-refractivity contribution in [3.8, 4) is 0 Å². The molecule has 0 aliphatic rings. The van der Waals surface area contributed by atoms with E-state index in [0.29, 0.717) is 5.69 Å². The number of benzene rings is 2. The zero-order valence-corrected chi connectivity index (χ0v) is 12.8. The molecule has 2 aromatic carbocycles. The van der Waals surface area contributed by atoms with Crippen molar-refractivity contribution in [1.82, 2.24) is 0 Å². The van der Waals surface area contributed by atoms with Gasteiger partial charge in [-0.25, -0.2) is 0 Å². The summed E-state index contributed by atoms with van der Waals surface area (Å²) in [6.07, 6.45) is 0. The van der Waals surface area contributed by atoms with Gasteiger partial charge in [0.15, 0.2) is 0 Å². The van der Waals surface area contributed by atoms with Crippen molar-refractivity contribution >= 4 is 29.1 Å². The zero-order chi connectivity index (χ0) is 13.8. The topological polar surface area (TPSA) is 26.0 Å². The molecule has 0 aliphatic heterocycles.